The average molecular weight is 425 g/mol. The first-order valence-electron chi connectivity index (χ1n) is 8.40. The zero-order chi connectivity index (χ0) is 20.0. The minimum atomic E-state index is -0.174. The van der Waals surface area contributed by atoms with Crippen molar-refractivity contribution < 1.29 is 9.59 Å². The molecule has 0 aliphatic heterocycles. The summed E-state index contributed by atoms with van der Waals surface area (Å²) in [5.74, 6) is 0.0471. The maximum Gasteiger partial charge on any atom is 0.234 e. The van der Waals surface area contributed by atoms with Crippen LogP contribution in [0.25, 0.3) is 0 Å². The first kappa shape index (κ1) is 21.6. The SMILES string of the molecule is CC(C)(C)CC(=O)Nc1ccc(SCC(=O)Nc2cc(Cl)ccc2Cl)cc1. The Morgan fingerprint density at radius 1 is 0.963 bits per heavy atom. The first-order valence-corrected chi connectivity index (χ1v) is 10.1. The second kappa shape index (κ2) is 9.49. The Kier molecular flexibility index (Phi) is 7.59. The molecule has 0 saturated carbocycles. The Hall–Kier alpha value is -1.69. The van der Waals surface area contributed by atoms with Crippen LogP contribution in [0.2, 0.25) is 10.0 Å². The lowest BCUT2D eigenvalue weighted by atomic mass is 9.92. The molecule has 0 bridgehead atoms. The van der Waals surface area contributed by atoms with E-state index in [0.717, 1.165) is 10.6 Å². The van der Waals surface area contributed by atoms with Gasteiger partial charge in [-0.3, -0.25) is 9.59 Å². The lowest BCUT2D eigenvalue weighted by molar-refractivity contribution is -0.118. The highest BCUT2D eigenvalue weighted by atomic mass is 35.5. The van der Waals surface area contributed by atoms with Crippen molar-refractivity contribution in [3.05, 3.63) is 52.5 Å². The maximum atomic E-state index is 12.1. The number of thioether (sulfide) groups is 1. The van der Waals surface area contributed by atoms with Crippen molar-refractivity contribution in [3.63, 3.8) is 0 Å². The number of anilines is 2. The minimum absolute atomic E-state index is 0.0133. The number of hydrogen-bond donors (Lipinski definition) is 2. The van der Waals surface area contributed by atoms with E-state index in [-0.39, 0.29) is 23.0 Å². The lowest BCUT2D eigenvalue weighted by Gasteiger charge is -2.17. The first-order chi connectivity index (χ1) is 12.6. The van der Waals surface area contributed by atoms with Gasteiger partial charge in [0.05, 0.1) is 16.5 Å². The number of halogens is 2. The standard InChI is InChI=1S/C20H22Cl2N2O2S/c1-20(2,3)11-18(25)23-14-5-7-15(8-6-14)27-12-19(26)24-17-10-13(21)4-9-16(17)22/h4-10H,11-12H2,1-3H3,(H,23,25)(H,24,26). The molecule has 0 saturated heterocycles. The van der Waals surface area contributed by atoms with Crippen molar-refractivity contribution in [1.29, 1.82) is 0 Å². The summed E-state index contributed by atoms with van der Waals surface area (Å²) in [6.07, 6.45) is 0.454. The summed E-state index contributed by atoms with van der Waals surface area (Å²) in [5, 5.41) is 6.57. The molecule has 2 N–H and O–H groups in total. The summed E-state index contributed by atoms with van der Waals surface area (Å²) < 4.78 is 0. The van der Waals surface area contributed by atoms with Crippen LogP contribution in [0.4, 0.5) is 11.4 Å². The highest BCUT2D eigenvalue weighted by Crippen LogP contribution is 2.26. The number of rotatable bonds is 6. The fraction of sp³-hybridized carbons (Fsp3) is 0.300. The number of hydrogen-bond acceptors (Lipinski definition) is 3. The summed E-state index contributed by atoms with van der Waals surface area (Å²) in [4.78, 5) is 25.0. The van der Waals surface area contributed by atoms with Crippen LogP contribution in [0.15, 0.2) is 47.4 Å². The molecule has 0 aliphatic rings. The third-order valence-corrected chi connectivity index (χ3v) is 4.98. The van der Waals surface area contributed by atoms with Crippen LogP contribution < -0.4 is 10.6 Å². The molecule has 4 nitrogen and oxygen atoms in total. The molecule has 0 atom stereocenters. The normalized spacial score (nSPS) is 11.1. The Bertz CT molecular complexity index is 818. The van der Waals surface area contributed by atoms with Crippen molar-refractivity contribution in [2.24, 2.45) is 5.41 Å². The second-order valence-corrected chi connectivity index (χ2v) is 9.16. The van der Waals surface area contributed by atoms with E-state index < -0.39 is 0 Å². The van der Waals surface area contributed by atoms with Gasteiger partial charge in [0, 0.05) is 22.0 Å². The van der Waals surface area contributed by atoms with Crippen molar-refractivity contribution >= 4 is 58.2 Å². The van der Waals surface area contributed by atoms with E-state index in [4.69, 9.17) is 23.2 Å². The Morgan fingerprint density at radius 3 is 2.26 bits per heavy atom. The Morgan fingerprint density at radius 2 is 1.63 bits per heavy atom. The monoisotopic (exact) mass is 424 g/mol. The van der Waals surface area contributed by atoms with E-state index in [2.05, 4.69) is 10.6 Å². The highest BCUT2D eigenvalue weighted by Gasteiger charge is 2.16. The predicted octanol–water partition coefficient (Wildman–Crippen LogP) is 6.10. The number of carbonyl (C=O) groups is 2. The van der Waals surface area contributed by atoms with Gasteiger partial charge < -0.3 is 10.6 Å². The van der Waals surface area contributed by atoms with Gasteiger partial charge in [-0.25, -0.2) is 0 Å². The van der Waals surface area contributed by atoms with E-state index in [1.165, 1.54) is 11.8 Å². The van der Waals surface area contributed by atoms with Gasteiger partial charge in [-0.1, -0.05) is 44.0 Å². The minimum Gasteiger partial charge on any atom is -0.326 e. The molecule has 0 heterocycles. The van der Waals surface area contributed by atoms with Crippen LogP contribution in [0.3, 0.4) is 0 Å². The molecule has 0 unspecified atom stereocenters. The number of amides is 2. The van der Waals surface area contributed by atoms with Crippen molar-refractivity contribution in [2.75, 3.05) is 16.4 Å². The van der Waals surface area contributed by atoms with E-state index in [1.54, 1.807) is 18.2 Å². The van der Waals surface area contributed by atoms with Gasteiger partial charge in [-0.05, 0) is 47.9 Å². The van der Waals surface area contributed by atoms with Gasteiger partial charge in [0.25, 0.3) is 0 Å². The van der Waals surface area contributed by atoms with Crippen LogP contribution in [-0.4, -0.2) is 17.6 Å². The van der Waals surface area contributed by atoms with Gasteiger partial charge in [0.1, 0.15) is 0 Å². The van der Waals surface area contributed by atoms with E-state index >= 15 is 0 Å². The van der Waals surface area contributed by atoms with E-state index in [0.29, 0.717) is 22.2 Å². The molecular formula is C20H22Cl2N2O2S. The van der Waals surface area contributed by atoms with Gasteiger partial charge in [0.15, 0.2) is 0 Å². The Labute approximate surface area is 174 Å². The fourth-order valence-electron chi connectivity index (χ4n) is 2.25. The number of nitrogens with one attached hydrogen (secondary N) is 2. The molecule has 2 aromatic carbocycles. The second-order valence-electron chi connectivity index (χ2n) is 7.27. The van der Waals surface area contributed by atoms with Crippen LogP contribution in [0.5, 0.6) is 0 Å². The predicted molar refractivity (Wildman–Crippen MR) is 115 cm³/mol. The number of carbonyl (C=O) groups excluding carboxylic acids is 2. The zero-order valence-electron chi connectivity index (χ0n) is 15.4. The molecular weight excluding hydrogens is 403 g/mol. The molecule has 2 rings (SSSR count). The maximum absolute atomic E-state index is 12.1. The molecule has 0 spiro atoms. The van der Waals surface area contributed by atoms with E-state index in [1.807, 2.05) is 45.0 Å². The van der Waals surface area contributed by atoms with Crippen molar-refractivity contribution in [2.45, 2.75) is 32.1 Å². The molecule has 0 fully saturated rings. The third-order valence-electron chi connectivity index (χ3n) is 3.40. The lowest BCUT2D eigenvalue weighted by Crippen LogP contribution is -2.19. The van der Waals surface area contributed by atoms with E-state index in [9.17, 15) is 9.59 Å². The summed E-state index contributed by atoms with van der Waals surface area (Å²) >= 11 is 13.4. The van der Waals surface area contributed by atoms with Crippen LogP contribution in [0, 0.1) is 5.41 Å². The average Bonchev–Trinajstić information content (AvgIpc) is 2.56. The molecule has 144 valence electrons. The summed E-state index contributed by atoms with van der Waals surface area (Å²) in [7, 11) is 0. The molecule has 7 heteroatoms. The van der Waals surface area contributed by atoms with Crippen molar-refractivity contribution in [3.8, 4) is 0 Å². The summed E-state index contributed by atoms with van der Waals surface area (Å²) in [5.41, 5.74) is 1.18. The summed E-state index contributed by atoms with van der Waals surface area (Å²) in [6, 6.07) is 12.3. The number of benzene rings is 2. The van der Waals surface area contributed by atoms with Gasteiger partial charge >= 0.3 is 0 Å². The molecule has 0 radical (unpaired) electrons. The highest BCUT2D eigenvalue weighted by molar-refractivity contribution is 8.00. The summed E-state index contributed by atoms with van der Waals surface area (Å²) in [6.45, 7) is 6.07. The van der Waals surface area contributed by atoms with Gasteiger partial charge in [-0.2, -0.15) is 0 Å². The van der Waals surface area contributed by atoms with Crippen molar-refractivity contribution in [1.82, 2.24) is 0 Å². The third kappa shape index (κ3) is 7.83. The smallest absolute Gasteiger partial charge is 0.234 e. The fourth-order valence-corrected chi connectivity index (χ4v) is 3.29. The van der Waals surface area contributed by atoms with Gasteiger partial charge in [-0.15, -0.1) is 11.8 Å². The van der Waals surface area contributed by atoms with Crippen LogP contribution >= 0.6 is 35.0 Å². The molecule has 2 aromatic rings. The largest absolute Gasteiger partial charge is 0.326 e. The quantitative estimate of drug-likeness (QED) is 0.550. The molecule has 2 amide bonds. The molecule has 27 heavy (non-hydrogen) atoms. The zero-order valence-corrected chi connectivity index (χ0v) is 17.8. The molecule has 0 aliphatic carbocycles. The van der Waals surface area contributed by atoms with Crippen LogP contribution in [0.1, 0.15) is 27.2 Å². The topological polar surface area (TPSA) is 58.2 Å². The van der Waals surface area contributed by atoms with Gasteiger partial charge in [0.2, 0.25) is 11.8 Å². The Balaban J connectivity index is 1.85. The molecule has 0 aromatic heterocycles. The van der Waals surface area contributed by atoms with Crippen LogP contribution in [-0.2, 0) is 9.59 Å².